The minimum atomic E-state index is -0.665. The second-order valence-corrected chi connectivity index (χ2v) is 5.45. The number of aromatic nitrogens is 2. The van der Waals surface area contributed by atoms with Crippen molar-refractivity contribution in [2.45, 2.75) is 25.9 Å². The summed E-state index contributed by atoms with van der Waals surface area (Å²) in [4.78, 5) is 29.4. The zero-order chi connectivity index (χ0) is 16.4. The highest BCUT2D eigenvalue weighted by molar-refractivity contribution is 5.61. The Hall–Kier alpha value is -2.48. The van der Waals surface area contributed by atoms with Gasteiger partial charge in [-0.3, -0.25) is 19.3 Å². The molecule has 2 aromatic rings. The molecule has 1 fully saturated rings. The van der Waals surface area contributed by atoms with Gasteiger partial charge in [0.2, 0.25) is 5.82 Å². The molecule has 0 saturated carbocycles. The van der Waals surface area contributed by atoms with Gasteiger partial charge in [-0.05, 0) is 31.9 Å². The average Bonchev–Trinajstić information content (AvgIpc) is 3.05. The summed E-state index contributed by atoms with van der Waals surface area (Å²) in [6.07, 6.45) is 3.40. The molecule has 0 bridgehead atoms. The maximum Gasteiger partial charge on any atom is 0.376 e. The molecular weight excluding hydrogens is 300 g/mol. The van der Waals surface area contributed by atoms with Crippen LogP contribution in [0, 0.1) is 10.1 Å². The third-order valence-electron chi connectivity index (χ3n) is 4.00. The van der Waals surface area contributed by atoms with Gasteiger partial charge in [-0.15, -0.1) is 0 Å². The lowest BCUT2D eigenvalue weighted by Gasteiger charge is -2.24. The van der Waals surface area contributed by atoms with E-state index in [4.69, 9.17) is 4.74 Å². The Kier molecular flexibility index (Phi) is 4.24. The number of nitro groups is 1. The quantitative estimate of drug-likeness (QED) is 0.614. The van der Waals surface area contributed by atoms with Crippen molar-refractivity contribution in [3.05, 3.63) is 44.9 Å². The summed E-state index contributed by atoms with van der Waals surface area (Å²) in [6, 6.07) is 5.05. The molecule has 0 N–H and O–H groups in total. The second-order valence-electron chi connectivity index (χ2n) is 5.45. The molecular formula is C15H18N4O4. The number of pyridine rings is 1. The van der Waals surface area contributed by atoms with Gasteiger partial charge in [0.25, 0.3) is 0 Å². The summed E-state index contributed by atoms with van der Waals surface area (Å²) >= 11 is 0. The highest BCUT2D eigenvalue weighted by Crippen LogP contribution is 2.24. The van der Waals surface area contributed by atoms with E-state index in [1.165, 1.54) is 10.6 Å². The van der Waals surface area contributed by atoms with E-state index in [-0.39, 0.29) is 11.9 Å². The van der Waals surface area contributed by atoms with Crippen molar-refractivity contribution >= 4 is 17.2 Å². The molecule has 23 heavy (non-hydrogen) atoms. The summed E-state index contributed by atoms with van der Waals surface area (Å²) in [5, 5.41) is 11.4. The van der Waals surface area contributed by atoms with Crippen LogP contribution in [-0.2, 0) is 4.74 Å². The number of hydrogen-bond acceptors (Lipinski definition) is 6. The zero-order valence-corrected chi connectivity index (χ0v) is 12.8. The van der Waals surface area contributed by atoms with Gasteiger partial charge in [-0.2, -0.15) is 0 Å². The number of fused-ring (bicyclic) bond motifs is 1. The van der Waals surface area contributed by atoms with Crippen molar-refractivity contribution in [1.82, 2.24) is 9.38 Å². The van der Waals surface area contributed by atoms with Gasteiger partial charge in [-0.1, -0.05) is 6.07 Å². The van der Waals surface area contributed by atoms with Crippen LogP contribution in [0.4, 0.5) is 11.5 Å². The molecule has 0 spiro atoms. The van der Waals surface area contributed by atoms with Gasteiger partial charge in [0.05, 0.1) is 11.0 Å². The third kappa shape index (κ3) is 2.89. The molecule has 122 valence electrons. The van der Waals surface area contributed by atoms with E-state index in [2.05, 4.69) is 4.98 Å². The molecule has 8 heteroatoms. The Morgan fingerprint density at radius 3 is 3.00 bits per heavy atom. The number of nitrogens with zero attached hydrogens (tertiary/aromatic N) is 4. The van der Waals surface area contributed by atoms with E-state index in [1.807, 2.05) is 6.92 Å². The maximum absolute atomic E-state index is 12.5. The van der Waals surface area contributed by atoms with Crippen molar-refractivity contribution in [1.29, 1.82) is 0 Å². The van der Waals surface area contributed by atoms with Gasteiger partial charge in [0, 0.05) is 25.9 Å². The Labute approximate surface area is 132 Å². The van der Waals surface area contributed by atoms with Gasteiger partial charge < -0.3 is 9.64 Å². The van der Waals surface area contributed by atoms with E-state index in [9.17, 15) is 14.9 Å². The first-order chi connectivity index (χ1) is 11.1. The lowest BCUT2D eigenvalue weighted by Crippen LogP contribution is -2.35. The molecule has 1 aliphatic rings. The van der Waals surface area contributed by atoms with E-state index in [0.717, 1.165) is 12.8 Å². The Balaban J connectivity index is 2.11. The van der Waals surface area contributed by atoms with Crippen molar-refractivity contribution < 1.29 is 9.66 Å². The average molecular weight is 318 g/mol. The largest absolute Gasteiger partial charge is 0.376 e. The summed E-state index contributed by atoms with van der Waals surface area (Å²) in [5.41, 5.74) is -0.765. The Morgan fingerprint density at radius 2 is 2.35 bits per heavy atom. The molecule has 3 heterocycles. The minimum absolute atomic E-state index is 0.0191. The standard InChI is InChI=1S/C15H18N4O4/c1-2-17(10-11-6-5-9-23-11)14-13(19(21)22)15(20)18-8-4-3-7-12(18)16-14/h3-4,7-8,11H,2,5-6,9-10H2,1H3/t11-/m0/s1. The first-order valence-electron chi connectivity index (χ1n) is 7.64. The van der Waals surface area contributed by atoms with Gasteiger partial charge in [0.15, 0.2) is 0 Å². The SMILES string of the molecule is CCN(C[C@@H]1CCCO1)c1nc2ccccn2c(=O)c1[N+](=O)[O-]. The molecule has 3 rings (SSSR count). The third-order valence-corrected chi connectivity index (χ3v) is 4.00. The first kappa shape index (κ1) is 15.4. The fraction of sp³-hybridized carbons (Fsp3) is 0.467. The van der Waals surface area contributed by atoms with Crippen LogP contribution < -0.4 is 10.5 Å². The van der Waals surface area contributed by atoms with Gasteiger partial charge in [-0.25, -0.2) is 4.98 Å². The fourth-order valence-corrected chi connectivity index (χ4v) is 2.85. The van der Waals surface area contributed by atoms with Crippen molar-refractivity contribution in [2.24, 2.45) is 0 Å². The highest BCUT2D eigenvalue weighted by atomic mass is 16.6. The molecule has 0 aromatic carbocycles. The molecule has 0 amide bonds. The summed E-state index contributed by atoms with van der Waals surface area (Å²) in [7, 11) is 0. The summed E-state index contributed by atoms with van der Waals surface area (Å²) < 4.78 is 6.80. The van der Waals surface area contributed by atoms with Crippen LogP contribution in [0.15, 0.2) is 29.2 Å². The molecule has 0 unspecified atom stereocenters. The molecule has 0 aliphatic carbocycles. The van der Waals surface area contributed by atoms with E-state index >= 15 is 0 Å². The van der Waals surface area contributed by atoms with Crippen molar-refractivity contribution in [3.8, 4) is 0 Å². The highest BCUT2D eigenvalue weighted by Gasteiger charge is 2.29. The second kappa shape index (κ2) is 6.33. The van der Waals surface area contributed by atoms with Crippen molar-refractivity contribution in [2.75, 3.05) is 24.6 Å². The number of likely N-dealkylation sites (N-methyl/N-ethyl adjacent to an activating group) is 1. The lowest BCUT2D eigenvalue weighted by molar-refractivity contribution is -0.385. The van der Waals surface area contributed by atoms with Gasteiger partial charge >= 0.3 is 11.2 Å². The van der Waals surface area contributed by atoms with Crippen LogP contribution in [0.1, 0.15) is 19.8 Å². The monoisotopic (exact) mass is 318 g/mol. The molecule has 2 aromatic heterocycles. The smallest absolute Gasteiger partial charge is 0.376 e. The summed E-state index contributed by atoms with van der Waals surface area (Å²) in [5.74, 6) is 0.115. The van der Waals surface area contributed by atoms with Crippen LogP contribution in [0.25, 0.3) is 5.65 Å². The topological polar surface area (TPSA) is 90.0 Å². The molecule has 8 nitrogen and oxygen atoms in total. The number of anilines is 1. The van der Waals surface area contributed by atoms with Crippen LogP contribution in [-0.4, -0.2) is 40.1 Å². The Morgan fingerprint density at radius 1 is 1.52 bits per heavy atom. The van der Waals surface area contributed by atoms with Gasteiger partial charge in [0.1, 0.15) is 5.65 Å². The fourth-order valence-electron chi connectivity index (χ4n) is 2.85. The van der Waals surface area contributed by atoms with Crippen LogP contribution >= 0.6 is 0 Å². The summed E-state index contributed by atoms with van der Waals surface area (Å²) in [6.45, 7) is 3.59. The molecule has 1 atom stereocenters. The minimum Gasteiger partial charge on any atom is -0.376 e. The Bertz CT molecular complexity index is 783. The van der Waals surface area contributed by atoms with Crippen LogP contribution in [0.3, 0.4) is 0 Å². The molecule has 0 radical (unpaired) electrons. The normalized spacial score (nSPS) is 17.5. The van der Waals surface area contributed by atoms with E-state index in [0.29, 0.717) is 25.3 Å². The maximum atomic E-state index is 12.5. The number of ether oxygens (including phenoxy) is 1. The lowest BCUT2D eigenvalue weighted by atomic mass is 10.2. The number of hydrogen-bond donors (Lipinski definition) is 0. The van der Waals surface area contributed by atoms with Crippen molar-refractivity contribution in [3.63, 3.8) is 0 Å². The molecule has 1 aliphatic heterocycles. The predicted molar refractivity (Wildman–Crippen MR) is 85.0 cm³/mol. The predicted octanol–water partition coefficient (Wildman–Crippen LogP) is 1.61. The first-order valence-corrected chi connectivity index (χ1v) is 7.64. The van der Waals surface area contributed by atoms with E-state index in [1.54, 1.807) is 23.1 Å². The number of rotatable bonds is 5. The zero-order valence-electron chi connectivity index (χ0n) is 12.8. The molecule has 1 saturated heterocycles. The van der Waals surface area contributed by atoms with Crippen LogP contribution in [0.2, 0.25) is 0 Å². The van der Waals surface area contributed by atoms with Crippen LogP contribution in [0.5, 0.6) is 0 Å². The van der Waals surface area contributed by atoms with E-state index < -0.39 is 16.2 Å².